The molecule has 28 heavy (non-hydrogen) atoms. The number of benzene rings is 1. The van der Waals surface area contributed by atoms with Gasteiger partial charge >= 0.3 is 5.69 Å². The minimum absolute atomic E-state index is 0.209. The van der Waals surface area contributed by atoms with E-state index in [2.05, 4.69) is 23.0 Å². The highest BCUT2D eigenvalue weighted by Crippen LogP contribution is 2.33. The predicted octanol–water partition coefficient (Wildman–Crippen LogP) is 1.24. The van der Waals surface area contributed by atoms with Crippen molar-refractivity contribution in [3.8, 4) is 5.88 Å². The van der Waals surface area contributed by atoms with Gasteiger partial charge in [0.25, 0.3) is 5.56 Å². The van der Waals surface area contributed by atoms with Crippen molar-refractivity contribution in [2.45, 2.75) is 45.7 Å². The van der Waals surface area contributed by atoms with Crippen LogP contribution in [0.1, 0.15) is 56.1 Å². The summed E-state index contributed by atoms with van der Waals surface area (Å²) in [6.45, 7) is 7.55. The lowest BCUT2D eigenvalue weighted by atomic mass is 9.93. The second kappa shape index (κ2) is 6.98. The van der Waals surface area contributed by atoms with E-state index in [1.54, 1.807) is 0 Å². The molecule has 0 bridgehead atoms. The highest BCUT2D eigenvalue weighted by molar-refractivity contribution is 5.85. The SMILES string of the molecule is CC[C@H](C)n1c(O)c([C@@H]2c3[nH]c4ccccc4c3CC[NH+]2CC)c(=O)[nH]c1=O. The van der Waals surface area contributed by atoms with Crippen LogP contribution in [0.3, 0.4) is 0 Å². The summed E-state index contributed by atoms with van der Waals surface area (Å²) in [5.74, 6) is -0.217. The van der Waals surface area contributed by atoms with Crippen LogP contribution in [-0.2, 0) is 6.42 Å². The van der Waals surface area contributed by atoms with Crippen molar-refractivity contribution in [1.29, 1.82) is 0 Å². The van der Waals surface area contributed by atoms with Gasteiger partial charge in [-0.05, 0) is 31.9 Å². The summed E-state index contributed by atoms with van der Waals surface area (Å²) in [6.07, 6.45) is 1.58. The molecule has 1 aliphatic rings. The van der Waals surface area contributed by atoms with E-state index in [-0.39, 0.29) is 23.5 Å². The van der Waals surface area contributed by atoms with Gasteiger partial charge in [0.1, 0.15) is 5.56 Å². The van der Waals surface area contributed by atoms with Crippen molar-refractivity contribution in [2.75, 3.05) is 13.1 Å². The Hall–Kier alpha value is -2.80. The Morgan fingerprint density at radius 3 is 2.71 bits per heavy atom. The summed E-state index contributed by atoms with van der Waals surface area (Å²) < 4.78 is 1.31. The molecule has 4 rings (SSSR count). The lowest BCUT2D eigenvalue weighted by molar-refractivity contribution is -0.926. The molecule has 148 valence electrons. The van der Waals surface area contributed by atoms with E-state index in [1.165, 1.54) is 15.0 Å². The fourth-order valence-corrected chi connectivity index (χ4v) is 4.50. The number of aromatic hydroxyl groups is 1. The van der Waals surface area contributed by atoms with Crippen LogP contribution in [0.5, 0.6) is 5.88 Å². The number of nitrogens with one attached hydrogen (secondary N) is 3. The number of likely N-dealkylation sites (N-methyl/N-ethyl adjacent to an activating group) is 1. The number of para-hydroxylation sites is 1. The Morgan fingerprint density at radius 1 is 1.25 bits per heavy atom. The van der Waals surface area contributed by atoms with E-state index < -0.39 is 11.2 Å². The summed E-state index contributed by atoms with van der Waals surface area (Å²) in [5.41, 5.74) is 2.37. The minimum atomic E-state index is -0.564. The van der Waals surface area contributed by atoms with E-state index >= 15 is 0 Å². The van der Waals surface area contributed by atoms with Crippen LogP contribution in [0.4, 0.5) is 0 Å². The Morgan fingerprint density at radius 2 is 2.00 bits per heavy atom. The Labute approximate surface area is 162 Å². The molecule has 1 unspecified atom stereocenters. The van der Waals surface area contributed by atoms with Gasteiger partial charge in [0.15, 0.2) is 6.04 Å². The highest BCUT2D eigenvalue weighted by atomic mass is 16.3. The topological polar surface area (TPSA) is 95.3 Å². The molecule has 0 amide bonds. The van der Waals surface area contributed by atoms with Gasteiger partial charge in [-0.3, -0.25) is 14.3 Å². The molecule has 0 spiro atoms. The van der Waals surface area contributed by atoms with Crippen molar-refractivity contribution >= 4 is 10.9 Å². The molecular weight excluding hydrogens is 356 g/mol. The Kier molecular flexibility index (Phi) is 4.63. The fraction of sp³-hybridized carbons (Fsp3) is 0.429. The van der Waals surface area contributed by atoms with Crippen LogP contribution >= 0.6 is 0 Å². The number of H-pyrrole nitrogens is 2. The van der Waals surface area contributed by atoms with Gasteiger partial charge in [0.05, 0.1) is 18.8 Å². The predicted molar refractivity (Wildman–Crippen MR) is 108 cm³/mol. The molecular formula is C21H27N4O3+. The normalized spacial score (nSPS) is 20.2. The molecule has 0 saturated heterocycles. The maximum atomic E-state index is 12.9. The maximum Gasteiger partial charge on any atom is 0.331 e. The van der Waals surface area contributed by atoms with E-state index in [4.69, 9.17) is 0 Å². The highest BCUT2D eigenvalue weighted by Gasteiger charge is 2.39. The zero-order valence-corrected chi connectivity index (χ0v) is 16.5. The number of fused-ring (bicyclic) bond motifs is 3. The zero-order valence-electron chi connectivity index (χ0n) is 16.5. The van der Waals surface area contributed by atoms with Crippen LogP contribution in [0.15, 0.2) is 33.9 Å². The summed E-state index contributed by atoms with van der Waals surface area (Å²) in [7, 11) is 0. The molecule has 0 radical (unpaired) electrons. The Balaban J connectivity index is 2.01. The maximum absolute atomic E-state index is 12.9. The van der Waals surface area contributed by atoms with Gasteiger partial charge < -0.3 is 15.0 Å². The standard InChI is InChI=1S/C21H26N4O3/c1-4-12(3)25-20(27)16(19(26)23-21(25)28)18-17-14(10-11-24(18)5-2)13-8-6-7-9-15(13)22-17/h6-9,12,18,22,27H,4-5,10-11H2,1-3H3,(H,23,26,28)/p+1/t12-,18+/m0/s1. The molecule has 2 aromatic heterocycles. The number of quaternary nitrogens is 1. The molecule has 0 saturated carbocycles. The van der Waals surface area contributed by atoms with Crippen molar-refractivity contribution in [2.24, 2.45) is 0 Å². The van der Waals surface area contributed by atoms with Gasteiger partial charge in [-0.1, -0.05) is 25.1 Å². The van der Waals surface area contributed by atoms with Crippen molar-refractivity contribution in [1.82, 2.24) is 14.5 Å². The molecule has 3 atom stereocenters. The van der Waals surface area contributed by atoms with Crippen LogP contribution in [0, 0.1) is 0 Å². The lowest BCUT2D eigenvalue weighted by Crippen LogP contribution is -3.13. The van der Waals surface area contributed by atoms with Gasteiger partial charge in [0, 0.05) is 23.4 Å². The van der Waals surface area contributed by atoms with Gasteiger partial charge in [0.2, 0.25) is 5.88 Å². The number of hydrogen-bond acceptors (Lipinski definition) is 3. The quantitative estimate of drug-likeness (QED) is 0.546. The molecule has 0 fully saturated rings. The second-order valence-electron chi connectivity index (χ2n) is 7.63. The number of rotatable bonds is 4. The van der Waals surface area contributed by atoms with Crippen LogP contribution in [-0.4, -0.2) is 32.7 Å². The summed E-state index contributed by atoms with van der Waals surface area (Å²) in [6, 6.07) is 7.55. The monoisotopic (exact) mass is 383 g/mol. The molecule has 3 heterocycles. The minimum Gasteiger partial charge on any atom is -0.494 e. The third-order valence-electron chi connectivity index (χ3n) is 6.17. The third-order valence-corrected chi connectivity index (χ3v) is 6.17. The molecule has 7 nitrogen and oxygen atoms in total. The molecule has 7 heteroatoms. The smallest absolute Gasteiger partial charge is 0.331 e. The fourth-order valence-electron chi connectivity index (χ4n) is 4.50. The van der Waals surface area contributed by atoms with Crippen molar-refractivity contribution in [3.63, 3.8) is 0 Å². The van der Waals surface area contributed by atoms with Gasteiger partial charge in [-0.15, -0.1) is 0 Å². The first-order valence-electron chi connectivity index (χ1n) is 9.99. The van der Waals surface area contributed by atoms with Crippen molar-refractivity contribution in [3.05, 3.63) is 61.9 Å². The number of hydrogen-bond donors (Lipinski definition) is 4. The van der Waals surface area contributed by atoms with E-state index in [1.807, 2.05) is 32.0 Å². The average Bonchev–Trinajstić information content (AvgIpc) is 3.06. The summed E-state index contributed by atoms with van der Waals surface area (Å²) >= 11 is 0. The van der Waals surface area contributed by atoms with Gasteiger partial charge in [-0.2, -0.15) is 0 Å². The largest absolute Gasteiger partial charge is 0.494 e. The van der Waals surface area contributed by atoms with E-state index in [0.29, 0.717) is 6.42 Å². The van der Waals surface area contributed by atoms with Crippen molar-refractivity contribution < 1.29 is 10.0 Å². The van der Waals surface area contributed by atoms with Crippen LogP contribution < -0.4 is 16.1 Å². The number of aromatic nitrogens is 3. The lowest BCUT2D eigenvalue weighted by Gasteiger charge is -2.32. The first kappa shape index (κ1) is 18.6. The van der Waals surface area contributed by atoms with Crippen LogP contribution in [0.25, 0.3) is 10.9 Å². The molecule has 0 aliphatic carbocycles. The molecule has 1 aromatic carbocycles. The zero-order chi connectivity index (χ0) is 20.0. The molecule has 4 N–H and O–H groups in total. The van der Waals surface area contributed by atoms with E-state index in [0.717, 1.165) is 36.1 Å². The second-order valence-corrected chi connectivity index (χ2v) is 7.63. The Bertz CT molecular complexity index is 1140. The molecule has 3 aromatic rings. The number of nitrogens with zero attached hydrogens (tertiary/aromatic N) is 1. The number of aromatic amines is 2. The third kappa shape index (κ3) is 2.69. The first-order valence-corrected chi connectivity index (χ1v) is 9.99. The average molecular weight is 383 g/mol. The summed E-state index contributed by atoms with van der Waals surface area (Å²) in [4.78, 5) is 32.3. The van der Waals surface area contributed by atoms with Crippen LogP contribution in [0.2, 0.25) is 0 Å². The molecule has 1 aliphatic heterocycles. The first-order chi connectivity index (χ1) is 13.5. The van der Waals surface area contributed by atoms with E-state index in [9.17, 15) is 14.7 Å². The summed E-state index contributed by atoms with van der Waals surface area (Å²) in [5, 5.41) is 12.2. The van der Waals surface area contributed by atoms with Gasteiger partial charge in [-0.25, -0.2) is 4.79 Å².